The molecule has 0 amide bonds. The van der Waals surface area contributed by atoms with Gasteiger partial charge in [-0.2, -0.15) is 0 Å². The minimum absolute atomic E-state index is 0.248. The number of hydrogen-bond donors (Lipinski definition) is 2. The van der Waals surface area contributed by atoms with Crippen LogP contribution in [0, 0.1) is 11.1 Å². The van der Waals surface area contributed by atoms with E-state index in [9.17, 15) is 15.4 Å². The lowest BCUT2D eigenvalue weighted by atomic mass is 9.81. The Morgan fingerprint density at radius 3 is 3.19 bits per heavy atom. The molecule has 2 aliphatic rings. The van der Waals surface area contributed by atoms with Gasteiger partial charge >= 0.3 is 0 Å². The van der Waals surface area contributed by atoms with Crippen molar-refractivity contribution in [1.82, 2.24) is 10.1 Å². The van der Waals surface area contributed by atoms with Crippen molar-refractivity contribution >= 4 is 0 Å². The fraction of sp³-hybridized carbons (Fsp3) is 0.778. The Kier molecular flexibility index (Phi) is 1.84. The van der Waals surface area contributed by atoms with Crippen molar-refractivity contribution in [2.24, 2.45) is 5.92 Å². The molecule has 2 N–H and O–H groups in total. The van der Waals surface area contributed by atoms with Crippen LogP contribution in [0.1, 0.15) is 17.8 Å². The molecule has 1 aromatic rings. The number of likely N-dealkylation sites (N-methyl/N-ethyl adjacent to an activating group) is 1. The molecule has 3 rings (SSSR count). The molecule has 1 saturated heterocycles. The van der Waals surface area contributed by atoms with Crippen LogP contribution in [0.4, 0.5) is 0 Å². The Hall–Kier alpha value is -1.18. The molecule has 7 heteroatoms. The first-order valence-corrected chi connectivity index (χ1v) is 5.26. The zero-order chi connectivity index (χ0) is 11.5. The summed E-state index contributed by atoms with van der Waals surface area (Å²) < 4.78 is 4.52. The van der Waals surface area contributed by atoms with E-state index in [1.54, 1.807) is 11.9 Å². The molecular weight excluding hydrogens is 214 g/mol. The largest absolute Gasteiger partial charge is 0.391 e. The molecule has 88 valence electrons. The third-order valence-corrected chi connectivity index (χ3v) is 3.77. The van der Waals surface area contributed by atoms with Crippen LogP contribution < -0.4 is 4.90 Å². The minimum atomic E-state index is -1.37. The predicted octanol–water partition coefficient (Wildman–Crippen LogP) is -1.68. The summed E-state index contributed by atoms with van der Waals surface area (Å²) in [6, 6.07) is 0. The van der Waals surface area contributed by atoms with Crippen LogP contribution in [0.25, 0.3) is 0 Å². The lowest BCUT2D eigenvalue weighted by molar-refractivity contribution is -0.808. The monoisotopic (exact) mass is 227 g/mol. The van der Waals surface area contributed by atoms with Crippen LogP contribution in [0.5, 0.6) is 0 Å². The summed E-state index contributed by atoms with van der Waals surface area (Å²) in [6.07, 6.45) is 0.429. The Bertz CT molecular complexity index is 434. The summed E-state index contributed by atoms with van der Waals surface area (Å²) in [4.78, 5) is 1.95. The highest BCUT2D eigenvalue weighted by molar-refractivity contribution is 5.22. The van der Waals surface area contributed by atoms with Crippen LogP contribution in [-0.2, 0) is 12.1 Å². The molecule has 0 radical (unpaired) electrons. The first-order valence-electron chi connectivity index (χ1n) is 5.26. The van der Waals surface area contributed by atoms with Crippen molar-refractivity contribution in [2.45, 2.75) is 24.7 Å². The maximum atomic E-state index is 11.3. The molecule has 0 aromatic carbocycles. The first-order chi connectivity index (χ1) is 7.55. The number of likely N-dealkylation sites (tertiary alicyclic amines) is 1. The number of aliphatic hydroxyl groups is 2. The van der Waals surface area contributed by atoms with Gasteiger partial charge in [0.25, 0.3) is 5.69 Å². The minimum Gasteiger partial charge on any atom is -0.391 e. The van der Waals surface area contributed by atoms with Gasteiger partial charge in [-0.05, 0) is 18.4 Å². The average Bonchev–Trinajstić information content (AvgIpc) is 2.70. The van der Waals surface area contributed by atoms with Crippen LogP contribution in [0.2, 0.25) is 0 Å². The van der Waals surface area contributed by atoms with Crippen molar-refractivity contribution in [2.75, 3.05) is 13.6 Å². The molecule has 2 heterocycles. The van der Waals surface area contributed by atoms with E-state index >= 15 is 0 Å². The zero-order valence-electron chi connectivity index (χ0n) is 8.83. The fourth-order valence-corrected chi connectivity index (χ4v) is 2.90. The Balaban J connectivity index is 2.16. The van der Waals surface area contributed by atoms with E-state index in [1.807, 2.05) is 0 Å². The third kappa shape index (κ3) is 0.977. The van der Waals surface area contributed by atoms with E-state index in [0.717, 1.165) is 0 Å². The van der Waals surface area contributed by atoms with E-state index in [1.165, 1.54) is 0 Å². The topological polar surface area (TPSA) is 96.7 Å². The molecule has 3 atom stereocenters. The fourth-order valence-electron chi connectivity index (χ4n) is 2.90. The maximum Gasteiger partial charge on any atom is 0.268 e. The smallest absolute Gasteiger partial charge is 0.268 e. The number of rotatable bonds is 0. The van der Waals surface area contributed by atoms with Gasteiger partial charge in [0.15, 0.2) is 5.72 Å². The highest BCUT2D eigenvalue weighted by atomic mass is 16.8. The van der Waals surface area contributed by atoms with Crippen molar-refractivity contribution in [1.29, 1.82) is 0 Å². The van der Waals surface area contributed by atoms with E-state index in [4.69, 9.17) is 0 Å². The van der Waals surface area contributed by atoms with Gasteiger partial charge in [0.2, 0.25) is 5.69 Å². The highest BCUT2D eigenvalue weighted by Gasteiger charge is 2.60. The lowest BCUT2D eigenvalue weighted by Crippen LogP contribution is -2.48. The van der Waals surface area contributed by atoms with E-state index in [-0.39, 0.29) is 11.6 Å². The Morgan fingerprint density at radius 1 is 1.69 bits per heavy atom. The molecule has 0 bridgehead atoms. The van der Waals surface area contributed by atoms with Gasteiger partial charge in [0.05, 0.1) is 6.10 Å². The normalized spacial score (nSPS) is 38.4. The first kappa shape index (κ1) is 10.0. The molecule has 1 aromatic heterocycles. The number of β-amino-alcohol motifs (C(OH)–C–C–N with tert-alkyl or cyclic N) is 1. The molecule has 1 fully saturated rings. The van der Waals surface area contributed by atoms with Gasteiger partial charge in [-0.15, -0.1) is 0 Å². The number of aromatic nitrogens is 2. The van der Waals surface area contributed by atoms with Crippen molar-refractivity contribution in [3.8, 4) is 0 Å². The second-order valence-corrected chi connectivity index (χ2v) is 4.54. The third-order valence-electron chi connectivity index (χ3n) is 3.77. The van der Waals surface area contributed by atoms with Crippen molar-refractivity contribution < 1.29 is 19.7 Å². The lowest BCUT2D eigenvalue weighted by Gasteiger charge is -2.34. The zero-order valence-corrected chi connectivity index (χ0v) is 8.83. The van der Waals surface area contributed by atoms with Gasteiger partial charge in [-0.25, -0.2) is 0 Å². The summed E-state index contributed by atoms with van der Waals surface area (Å²) >= 11 is 0. The second-order valence-electron chi connectivity index (χ2n) is 4.54. The quantitative estimate of drug-likeness (QED) is 0.514. The molecule has 1 aliphatic heterocycles. The van der Waals surface area contributed by atoms with Crippen molar-refractivity contribution in [3.05, 3.63) is 16.6 Å². The van der Waals surface area contributed by atoms with E-state index in [2.05, 4.69) is 9.79 Å². The Morgan fingerprint density at radius 2 is 2.44 bits per heavy atom. The SMILES string of the molecule is CN1CC(O)C2CCc3c(no[n+]3[O-])C21O. The number of hydrogen-bond acceptors (Lipinski definition) is 6. The summed E-state index contributed by atoms with van der Waals surface area (Å²) in [6.45, 7) is 0.367. The Labute approximate surface area is 91.4 Å². The summed E-state index contributed by atoms with van der Waals surface area (Å²) in [5.41, 5.74) is -0.760. The molecule has 7 nitrogen and oxygen atoms in total. The standard InChI is InChI=1S/C9H13N3O4/c1-11-4-7(13)5-2-3-6-8(9(5,11)14)10-16-12(6)15/h5,7,13-14H,2-4H2,1H3. The summed E-state index contributed by atoms with van der Waals surface area (Å²) in [5.74, 6) is -0.310. The van der Waals surface area contributed by atoms with E-state index < -0.39 is 11.8 Å². The molecular formula is C9H13N3O4. The van der Waals surface area contributed by atoms with Gasteiger partial charge in [-0.3, -0.25) is 9.53 Å². The number of aliphatic hydroxyl groups excluding tert-OH is 1. The maximum absolute atomic E-state index is 11.3. The number of nitrogens with zero attached hydrogens (tertiary/aromatic N) is 3. The van der Waals surface area contributed by atoms with Gasteiger partial charge in [0, 0.05) is 24.0 Å². The molecule has 3 unspecified atom stereocenters. The molecule has 16 heavy (non-hydrogen) atoms. The van der Waals surface area contributed by atoms with Gasteiger partial charge in [0.1, 0.15) is 0 Å². The average molecular weight is 227 g/mol. The molecule has 1 aliphatic carbocycles. The van der Waals surface area contributed by atoms with Crippen LogP contribution in [-0.4, -0.2) is 40.0 Å². The number of fused-ring (bicyclic) bond motifs is 3. The van der Waals surface area contributed by atoms with E-state index in [0.29, 0.717) is 30.0 Å². The van der Waals surface area contributed by atoms with Crippen molar-refractivity contribution in [3.63, 3.8) is 0 Å². The van der Waals surface area contributed by atoms with Crippen LogP contribution in [0.15, 0.2) is 4.63 Å². The summed E-state index contributed by atoms with van der Waals surface area (Å²) in [7, 11) is 1.70. The molecule has 0 saturated carbocycles. The molecule has 0 spiro atoms. The van der Waals surface area contributed by atoms with Crippen LogP contribution in [0.3, 0.4) is 0 Å². The summed E-state index contributed by atoms with van der Waals surface area (Å²) in [5, 5.41) is 35.4. The van der Waals surface area contributed by atoms with Crippen LogP contribution >= 0.6 is 0 Å². The predicted molar refractivity (Wildman–Crippen MR) is 49.8 cm³/mol. The van der Waals surface area contributed by atoms with Gasteiger partial charge < -0.3 is 15.4 Å². The highest BCUT2D eigenvalue weighted by Crippen LogP contribution is 2.45. The second kappa shape index (κ2) is 2.93. The van der Waals surface area contributed by atoms with Gasteiger partial charge in [-0.1, -0.05) is 0 Å².